The SMILES string of the molecule is O=C1C[C@]23CCCCC2C(O1)OC3=O. The molecule has 0 N–H and O–H groups in total. The minimum Gasteiger partial charge on any atom is -0.425 e. The minimum absolute atomic E-state index is 0.126. The van der Waals surface area contributed by atoms with Crippen molar-refractivity contribution in [3.8, 4) is 0 Å². The van der Waals surface area contributed by atoms with Gasteiger partial charge in [0.05, 0.1) is 17.8 Å². The highest BCUT2D eigenvalue weighted by atomic mass is 16.7. The molecule has 3 aliphatic rings. The first kappa shape index (κ1) is 8.26. The van der Waals surface area contributed by atoms with Gasteiger partial charge < -0.3 is 9.47 Å². The Hall–Kier alpha value is -1.06. The van der Waals surface area contributed by atoms with Crippen LogP contribution in [0.25, 0.3) is 0 Å². The molecule has 4 heteroatoms. The van der Waals surface area contributed by atoms with Crippen LogP contribution in [0.5, 0.6) is 0 Å². The van der Waals surface area contributed by atoms with E-state index in [2.05, 4.69) is 0 Å². The van der Waals surface area contributed by atoms with Crippen molar-refractivity contribution < 1.29 is 19.1 Å². The molecule has 3 rings (SSSR count). The van der Waals surface area contributed by atoms with Crippen molar-refractivity contribution in [3.63, 3.8) is 0 Å². The number of ether oxygens (including phenoxy) is 2. The van der Waals surface area contributed by atoms with E-state index in [9.17, 15) is 9.59 Å². The predicted molar refractivity (Wildman–Crippen MR) is 45.0 cm³/mol. The molecule has 76 valence electrons. The molecule has 0 amide bonds. The lowest BCUT2D eigenvalue weighted by atomic mass is 9.64. The van der Waals surface area contributed by atoms with Crippen molar-refractivity contribution in [1.82, 2.24) is 0 Å². The molecule has 4 nitrogen and oxygen atoms in total. The number of rotatable bonds is 0. The second-order valence-corrected chi connectivity index (χ2v) is 4.45. The van der Waals surface area contributed by atoms with Gasteiger partial charge >= 0.3 is 11.9 Å². The zero-order valence-corrected chi connectivity index (χ0v) is 7.82. The third kappa shape index (κ3) is 0.837. The van der Waals surface area contributed by atoms with E-state index < -0.39 is 11.7 Å². The van der Waals surface area contributed by atoms with Crippen molar-refractivity contribution in [2.24, 2.45) is 11.3 Å². The molecule has 2 aliphatic heterocycles. The van der Waals surface area contributed by atoms with Gasteiger partial charge in [-0.05, 0) is 12.8 Å². The van der Waals surface area contributed by atoms with Crippen molar-refractivity contribution >= 4 is 11.9 Å². The molecule has 14 heavy (non-hydrogen) atoms. The summed E-state index contributed by atoms with van der Waals surface area (Å²) in [7, 11) is 0. The van der Waals surface area contributed by atoms with Crippen LogP contribution in [0.1, 0.15) is 32.1 Å². The zero-order valence-electron chi connectivity index (χ0n) is 7.82. The van der Waals surface area contributed by atoms with E-state index in [4.69, 9.17) is 9.47 Å². The highest BCUT2D eigenvalue weighted by Gasteiger charge is 2.63. The third-order valence-corrected chi connectivity index (χ3v) is 3.76. The van der Waals surface area contributed by atoms with Crippen molar-refractivity contribution in [3.05, 3.63) is 0 Å². The zero-order chi connectivity index (χ0) is 9.76. The molecule has 0 aromatic heterocycles. The molecule has 0 aromatic carbocycles. The molecule has 0 radical (unpaired) electrons. The van der Waals surface area contributed by atoms with Gasteiger partial charge in [-0.2, -0.15) is 0 Å². The fourth-order valence-corrected chi connectivity index (χ4v) is 3.05. The first-order valence-electron chi connectivity index (χ1n) is 5.13. The molecule has 2 unspecified atom stereocenters. The first-order chi connectivity index (χ1) is 6.72. The molecule has 0 spiro atoms. The van der Waals surface area contributed by atoms with Crippen LogP contribution in [-0.4, -0.2) is 18.2 Å². The molecule has 2 bridgehead atoms. The summed E-state index contributed by atoms with van der Waals surface area (Å²) >= 11 is 0. The summed E-state index contributed by atoms with van der Waals surface area (Å²) in [4.78, 5) is 23.0. The smallest absolute Gasteiger partial charge is 0.316 e. The Kier molecular flexibility index (Phi) is 1.47. The summed E-state index contributed by atoms with van der Waals surface area (Å²) in [5.41, 5.74) is -0.516. The molecule has 3 atom stereocenters. The van der Waals surface area contributed by atoms with E-state index in [0.717, 1.165) is 25.7 Å². The molecule has 1 saturated carbocycles. The Bertz CT molecular complexity index is 311. The van der Waals surface area contributed by atoms with Crippen LogP contribution in [0.15, 0.2) is 0 Å². The molecule has 2 heterocycles. The maximum absolute atomic E-state index is 11.7. The second kappa shape index (κ2) is 2.49. The average molecular weight is 196 g/mol. The summed E-state index contributed by atoms with van der Waals surface area (Å²) in [5.74, 6) is -0.363. The van der Waals surface area contributed by atoms with E-state index in [1.807, 2.05) is 0 Å². The van der Waals surface area contributed by atoms with Crippen LogP contribution in [0.3, 0.4) is 0 Å². The topological polar surface area (TPSA) is 52.6 Å². The van der Waals surface area contributed by atoms with E-state index in [0.29, 0.717) is 0 Å². The van der Waals surface area contributed by atoms with Crippen LogP contribution in [0.4, 0.5) is 0 Å². The standard InChI is InChI=1S/C10H12O4/c11-7-5-10-4-2-1-3-6(10)8(13-7)14-9(10)12/h6,8H,1-5H2/t6?,8?,10-/m1/s1. The average Bonchev–Trinajstić information content (AvgIpc) is 2.34. The Morgan fingerprint density at radius 3 is 2.93 bits per heavy atom. The second-order valence-electron chi connectivity index (χ2n) is 4.45. The van der Waals surface area contributed by atoms with Gasteiger partial charge in [0.1, 0.15) is 0 Å². The van der Waals surface area contributed by atoms with E-state index in [1.165, 1.54) is 0 Å². The number of esters is 2. The maximum atomic E-state index is 11.7. The maximum Gasteiger partial charge on any atom is 0.316 e. The quantitative estimate of drug-likeness (QED) is 0.542. The summed E-state index contributed by atoms with van der Waals surface area (Å²) in [6, 6.07) is 0. The predicted octanol–water partition coefficient (Wildman–Crippen LogP) is 0.993. The number of carbonyl (C=O) groups excluding carboxylic acids is 2. The summed E-state index contributed by atoms with van der Waals surface area (Å²) in [6.07, 6.45) is 3.52. The largest absolute Gasteiger partial charge is 0.425 e. The molecular weight excluding hydrogens is 184 g/mol. The molecular formula is C10H12O4. The van der Waals surface area contributed by atoms with Crippen LogP contribution >= 0.6 is 0 Å². The van der Waals surface area contributed by atoms with Crippen molar-refractivity contribution in [1.29, 1.82) is 0 Å². The first-order valence-corrected chi connectivity index (χ1v) is 5.13. The molecule has 0 aromatic rings. The van der Waals surface area contributed by atoms with Gasteiger partial charge in [0, 0.05) is 0 Å². The van der Waals surface area contributed by atoms with E-state index in [1.54, 1.807) is 0 Å². The normalized spacial score (nSPS) is 45.4. The van der Waals surface area contributed by atoms with Crippen molar-refractivity contribution in [2.75, 3.05) is 0 Å². The lowest BCUT2D eigenvalue weighted by Crippen LogP contribution is -2.44. The lowest BCUT2D eigenvalue weighted by Gasteiger charge is -2.38. The fourth-order valence-electron chi connectivity index (χ4n) is 3.05. The molecule has 3 fully saturated rings. The fraction of sp³-hybridized carbons (Fsp3) is 0.800. The summed E-state index contributed by atoms with van der Waals surface area (Å²) in [6.45, 7) is 0. The van der Waals surface area contributed by atoms with Gasteiger partial charge in [0.25, 0.3) is 6.29 Å². The summed E-state index contributed by atoms with van der Waals surface area (Å²) < 4.78 is 10.1. The van der Waals surface area contributed by atoms with Crippen LogP contribution in [0, 0.1) is 11.3 Å². The van der Waals surface area contributed by atoms with Crippen LogP contribution < -0.4 is 0 Å². The van der Waals surface area contributed by atoms with Gasteiger partial charge in [0.15, 0.2) is 0 Å². The highest BCUT2D eigenvalue weighted by molar-refractivity contribution is 5.87. The lowest BCUT2D eigenvalue weighted by molar-refractivity contribution is -0.186. The van der Waals surface area contributed by atoms with Crippen LogP contribution in [0.2, 0.25) is 0 Å². The molecule has 2 saturated heterocycles. The Balaban J connectivity index is 2.03. The monoisotopic (exact) mass is 196 g/mol. The van der Waals surface area contributed by atoms with Gasteiger partial charge in [0.2, 0.25) is 0 Å². The Morgan fingerprint density at radius 1 is 1.21 bits per heavy atom. The van der Waals surface area contributed by atoms with Gasteiger partial charge in [-0.15, -0.1) is 0 Å². The van der Waals surface area contributed by atoms with E-state index >= 15 is 0 Å². The Labute approximate surface area is 81.6 Å². The minimum atomic E-state index is -0.580. The van der Waals surface area contributed by atoms with E-state index in [-0.39, 0.29) is 24.3 Å². The number of hydrogen-bond acceptors (Lipinski definition) is 4. The van der Waals surface area contributed by atoms with Crippen molar-refractivity contribution in [2.45, 2.75) is 38.4 Å². The van der Waals surface area contributed by atoms with Gasteiger partial charge in [-0.3, -0.25) is 9.59 Å². The number of carbonyl (C=O) groups is 2. The van der Waals surface area contributed by atoms with Gasteiger partial charge in [-0.1, -0.05) is 12.8 Å². The number of hydrogen-bond donors (Lipinski definition) is 0. The molecule has 1 aliphatic carbocycles. The van der Waals surface area contributed by atoms with Crippen LogP contribution in [-0.2, 0) is 19.1 Å². The Morgan fingerprint density at radius 2 is 2.07 bits per heavy atom. The third-order valence-electron chi connectivity index (χ3n) is 3.76. The highest BCUT2D eigenvalue weighted by Crippen LogP contribution is 2.54. The summed E-state index contributed by atoms with van der Waals surface area (Å²) in [5, 5.41) is 0. The van der Waals surface area contributed by atoms with Gasteiger partial charge in [-0.25, -0.2) is 0 Å².